The van der Waals surface area contributed by atoms with Crippen molar-refractivity contribution in [1.82, 2.24) is 15.1 Å². The van der Waals surface area contributed by atoms with E-state index in [9.17, 15) is 9.59 Å². The number of nitrogens with zero attached hydrogens (tertiary/aromatic N) is 2. The van der Waals surface area contributed by atoms with Gasteiger partial charge in [-0.2, -0.15) is 5.10 Å². The van der Waals surface area contributed by atoms with Gasteiger partial charge in [-0.25, -0.2) is 0 Å². The zero-order valence-corrected chi connectivity index (χ0v) is 20.6. The van der Waals surface area contributed by atoms with Crippen LogP contribution in [0.15, 0.2) is 48.7 Å². The SMILES string of the molecule is COc1cccc(C(=O)Nc2ccc(OCCNC3CCC(=O)CC3)c(-c3c(Cl)cnn3C)c2)c1. The van der Waals surface area contributed by atoms with Crippen molar-refractivity contribution in [3.05, 3.63) is 59.2 Å². The molecule has 2 aromatic carbocycles. The molecule has 0 spiro atoms. The van der Waals surface area contributed by atoms with Crippen molar-refractivity contribution in [2.24, 2.45) is 7.05 Å². The number of aryl methyl sites for hydroxylation is 1. The van der Waals surface area contributed by atoms with Gasteiger partial charge < -0.3 is 20.1 Å². The molecule has 9 heteroatoms. The Bertz CT molecular complexity index is 1180. The molecule has 1 fully saturated rings. The normalized spacial score (nSPS) is 14.1. The molecule has 0 aliphatic heterocycles. The molecule has 2 N–H and O–H groups in total. The maximum Gasteiger partial charge on any atom is 0.255 e. The quantitative estimate of drug-likeness (QED) is 0.424. The minimum Gasteiger partial charge on any atom is -0.497 e. The maximum atomic E-state index is 12.8. The van der Waals surface area contributed by atoms with Crippen molar-refractivity contribution in [2.75, 3.05) is 25.6 Å². The smallest absolute Gasteiger partial charge is 0.255 e. The molecule has 8 nitrogen and oxygen atoms in total. The second-order valence-electron chi connectivity index (χ2n) is 8.48. The number of ether oxygens (including phenoxy) is 2. The first kappa shape index (κ1) is 24.8. The monoisotopic (exact) mass is 496 g/mol. The molecular weight excluding hydrogens is 468 g/mol. The van der Waals surface area contributed by atoms with Gasteiger partial charge in [-0.05, 0) is 49.2 Å². The van der Waals surface area contributed by atoms with Gasteiger partial charge in [0.05, 0.1) is 24.0 Å². The molecule has 1 aromatic heterocycles. The highest BCUT2D eigenvalue weighted by atomic mass is 35.5. The van der Waals surface area contributed by atoms with Gasteiger partial charge in [0.2, 0.25) is 0 Å². The van der Waals surface area contributed by atoms with Crippen LogP contribution in [-0.2, 0) is 11.8 Å². The number of aromatic nitrogens is 2. The summed E-state index contributed by atoms with van der Waals surface area (Å²) in [6.45, 7) is 1.11. The van der Waals surface area contributed by atoms with Crippen molar-refractivity contribution >= 4 is 29.0 Å². The number of anilines is 1. The van der Waals surface area contributed by atoms with E-state index in [1.165, 1.54) is 0 Å². The fourth-order valence-electron chi connectivity index (χ4n) is 4.17. The molecule has 4 rings (SSSR count). The van der Waals surface area contributed by atoms with Gasteiger partial charge in [0, 0.05) is 49.3 Å². The van der Waals surface area contributed by atoms with Crippen LogP contribution >= 0.6 is 11.6 Å². The number of benzene rings is 2. The number of halogens is 1. The minimum absolute atomic E-state index is 0.255. The number of hydrogen-bond acceptors (Lipinski definition) is 6. The molecule has 184 valence electrons. The Morgan fingerprint density at radius 3 is 2.71 bits per heavy atom. The summed E-state index contributed by atoms with van der Waals surface area (Å²) in [6.07, 6.45) is 4.61. The zero-order valence-electron chi connectivity index (χ0n) is 19.8. The third-order valence-corrected chi connectivity index (χ3v) is 6.33. The Morgan fingerprint density at radius 2 is 2.00 bits per heavy atom. The predicted molar refractivity (Wildman–Crippen MR) is 135 cm³/mol. The summed E-state index contributed by atoms with van der Waals surface area (Å²) < 4.78 is 13.0. The Balaban J connectivity index is 1.48. The molecule has 1 amide bonds. The third-order valence-electron chi connectivity index (χ3n) is 6.05. The standard InChI is InChI=1S/C26H29ClN4O4/c1-31-25(23(27)16-29-31)22-15-19(30-26(33)17-4-3-5-21(14-17)34-2)8-11-24(22)35-13-12-28-18-6-9-20(32)10-7-18/h3-5,8,11,14-16,18,28H,6-7,9-10,12-13H2,1-2H3,(H,30,33). The number of nitrogens with one attached hydrogen (secondary N) is 2. The number of carbonyl (C=O) groups excluding carboxylic acids is 2. The number of Topliss-reactive ketones (excluding diaryl/α,β-unsaturated/α-hetero) is 1. The summed E-state index contributed by atoms with van der Waals surface area (Å²) in [5, 5.41) is 11.1. The minimum atomic E-state index is -0.255. The van der Waals surface area contributed by atoms with E-state index in [1.54, 1.807) is 55.4 Å². The number of amides is 1. The molecular formula is C26H29ClN4O4. The average molecular weight is 497 g/mol. The Labute approximate surface area is 209 Å². The second-order valence-corrected chi connectivity index (χ2v) is 8.88. The first-order valence-corrected chi connectivity index (χ1v) is 12.0. The van der Waals surface area contributed by atoms with Crippen molar-refractivity contribution < 1.29 is 19.1 Å². The molecule has 1 saturated carbocycles. The molecule has 0 unspecified atom stereocenters. The van der Waals surface area contributed by atoms with Gasteiger partial charge >= 0.3 is 0 Å². The van der Waals surface area contributed by atoms with E-state index >= 15 is 0 Å². The van der Waals surface area contributed by atoms with Gasteiger partial charge in [0.15, 0.2) is 0 Å². The van der Waals surface area contributed by atoms with Gasteiger partial charge in [-0.1, -0.05) is 17.7 Å². The highest BCUT2D eigenvalue weighted by molar-refractivity contribution is 6.33. The Kier molecular flexibility index (Phi) is 8.05. The molecule has 0 atom stereocenters. The Morgan fingerprint density at radius 1 is 1.20 bits per heavy atom. The Hall–Kier alpha value is -3.36. The van der Waals surface area contributed by atoms with Crippen LogP contribution in [0.2, 0.25) is 5.02 Å². The zero-order chi connectivity index (χ0) is 24.8. The number of hydrogen-bond donors (Lipinski definition) is 2. The van der Waals surface area contributed by atoms with Gasteiger partial charge in [0.1, 0.15) is 23.9 Å². The van der Waals surface area contributed by atoms with Crippen molar-refractivity contribution in [3.63, 3.8) is 0 Å². The van der Waals surface area contributed by atoms with E-state index < -0.39 is 0 Å². The van der Waals surface area contributed by atoms with Crippen molar-refractivity contribution in [2.45, 2.75) is 31.7 Å². The van der Waals surface area contributed by atoms with Crippen LogP contribution < -0.4 is 20.1 Å². The summed E-state index contributed by atoms with van der Waals surface area (Å²) in [5.41, 5.74) is 2.50. The highest BCUT2D eigenvalue weighted by Crippen LogP contribution is 2.36. The molecule has 0 bridgehead atoms. The van der Waals surface area contributed by atoms with E-state index in [1.807, 2.05) is 12.1 Å². The van der Waals surface area contributed by atoms with E-state index in [0.717, 1.165) is 18.4 Å². The molecule has 1 aliphatic carbocycles. The highest BCUT2D eigenvalue weighted by Gasteiger charge is 2.19. The molecule has 3 aromatic rings. The van der Waals surface area contributed by atoms with Gasteiger partial charge in [0.25, 0.3) is 5.91 Å². The average Bonchev–Trinajstić information content (AvgIpc) is 3.21. The van der Waals surface area contributed by atoms with Crippen LogP contribution in [0.1, 0.15) is 36.0 Å². The van der Waals surface area contributed by atoms with Gasteiger partial charge in [-0.3, -0.25) is 14.3 Å². The number of rotatable bonds is 9. The summed E-state index contributed by atoms with van der Waals surface area (Å²) in [5.74, 6) is 1.33. The predicted octanol–water partition coefficient (Wildman–Crippen LogP) is 4.48. The van der Waals surface area contributed by atoms with Gasteiger partial charge in [-0.15, -0.1) is 0 Å². The van der Waals surface area contributed by atoms with E-state index in [0.29, 0.717) is 71.3 Å². The first-order chi connectivity index (χ1) is 16.9. The van der Waals surface area contributed by atoms with E-state index in [2.05, 4.69) is 15.7 Å². The number of carbonyl (C=O) groups is 2. The van der Waals surface area contributed by atoms with Crippen LogP contribution in [0, 0.1) is 0 Å². The summed E-state index contributed by atoms with van der Waals surface area (Å²) in [6, 6.07) is 12.7. The third kappa shape index (κ3) is 6.21. The molecule has 0 saturated heterocycles. The topological polar surface area (TPSA) is 94.5 Å². The van der Waals surface area contributed by atoms with E-state index in [-0.39, 0.29) is 5.91 Å². The lowest BCUT2D eigenvalue weighted by atomic mass is 9.94. The molecule has 1 heterocycles. The lowest BCUT2D eigenvalue weighted by molar-refractivity contribution is -0.120. The van der Waals surface area contributed by atoms with Crippen LogP contribution in [0.4, 0.5) is 5.69 Å². The first-order valence-electron chi connectivity index (χ1n) is 11.6. The molecule has 1 aliphatic rings. The van der Waals surface area contributed by atoms with Crippen molar-refractivity contribution in [1.29, 1.82) is 0 Å². The number of ketones is 1. The summed E-state index contributed by atoms with van der Waals surface area (Å²) >= 11 is 6.43. The fourth-order valence-corrected chi connectivity index (χ4v) is 4.44. The largest absolute Gasteiger partial charge is 0.497 e. The fraction of sp³-hybridized carbons (Fsp3) is 0.346. The lowest BCUT2D eigenvalue weighted by Crippen LogP contribution is -2.35. The van der Waals surface area contributed by atoms with Crippen LogP contribution in [0.3, 0.4) is 0 Å². The summed E-state index contributed by atoms with van der Waals surface area (Å²) in [7, 11) is 3.36. The van der Waals surface area contributed by atoms with Crippen LogP contribution in [0.25, 0.3) is 11.3 Å². The lowest BCUT2D eigenvalue weighted by Gasteiger charge is -2.22. The van der Waals surface area contributed by atoms with Crippen molar-refractivity contribution in [3.8, 4) is 22.8 Å². The molecule has 0 radical (unpaired) electrons. The maximum absolute atomic E-state index is 12.8. The second kappa shape index (κ2) is 11.4. The summed E-state index contributed by atoms with van der Waals surface area (Å²) in [4.78, 5) is 24.2. The van der Waals surface area contributed by atoms with Crippen LogP contribution in [-0.4, -0.2) is 47.8 Å². The van der Waals surface area contributed by atoms with E-state index in [4.69, 9.17) is 21.1 Å². The van der Waals surface area contributed by atoms with Crippen LogP contribution in [0.5, 0.6) is 11.5 Å². The number of methoxy groups -OCH3 is 1. The molecule has 35 heavy (non-hydrogen) atoms.